The van der Waals surface area contributed by atoms with Crippen LogP contribution in [0.2, 0.25) is 0 Å². The minimum Gasteiger partial charge on any atom is -0.440 e. The Labute approximate surface area is 219 Å². The van der Waals surface area contributed by atoms with Crippen LogP contribution in [0.4, 0.5) is 34.5 Å². The average Bonchev–Trinajstić information content (AvgIpc) is 3.36. The number of halogens is 4. The van der Waals surface area contributed by atoms with Crippen LogP contribution in [-0.4, -0.2) is 56.9 Å². The van der Waals surface area contributed by atoms with Crippen molar-refractivity contribution in [3.05, 3.63) is 55.2 Å². The number of anilines is 2. The lowest BCUT2D eigenvalue weighted by Crippen LogP contribution is -2.28. The summed E-state index contributed by atoms with van der Waals surface area (Å²) in [4.78, 5) is 38.6. The van der Waals surface area contributed by atoms with E-state index in [1.807, 2.05) is 45.2 Å². The number of carbonyl (C=O) groups is 3. The van der Waals surface area contributed by atoms with Crippen molar-refractivity contribution in [3.63, 3.8) is 0 Å². The fourth-order valence-corrected chi connectivity index (χ4v) is 3.98. The van der Waals surface area contributed by atoms with Crippen LogP contribution in [0.5, 0.6) is 0 Å². The Morgan fingerprint density at radius 1 is 0.853 bits per heavy atom. The smallest absolute Gasteiger partial charge is 0.440 e. The summed E-state index contributed by atoms with van der Waals surface area (Å²) in [5, 5.41) is 0. The van der Waals surface area contributed by atoms with Gasteiger partial charge in [0.2, 0.25) is 0 Å². The normalized spacial score (nSPS) is 19.8. The monoisotopic (exact) mass is 700 g/mol. The zero-order chi connectivity index (χ0) is 24.4. The van der Waals surface area contributed by atoms with Crippen molar-refractivity contribution in [1.29, 1.82) is 0 Å². The van der Waals surface area contributed by atoms with Gasteiger partial charge in [-0.25, -0.2) is 23.2 Å². The van der Waals surface area contributed by atoms with Crippen molar-refractivity contribution in [2.24, 2.45) is 0 Å². The molecule has 0 saturated carbocycles. The van der Waals surface area contributed by atoms with Crippen LogP contribution in [-0.2, 0) is 18.9 Å². The maximum absolute atomic E-state index is 13.8. The number of ether oxygens (including phenoxy) is 4. The van der Waals surface area contributed by atoms with Crippen molar-refractivity contribution in [2.45, 2.75) is 12.2 Å². The first-order chi connectivity index (χ1) is 16.2. The summed E-state index contributed by atoms with van der Waals surface area (Å²) in [6.07, 6.45) is -3.94. The molecule has 9 nitrogen and oxygen atoms in total. The Hall–Kier alpha value is -2.43. The van der Waals surface area contributed by atoms with Gasteiger partial charge in [-0.15, -0.1) is 0 Å². The van der Waals surface area contributed by atoms with Gasteiger partial charge in [0.05, 0.1) is 24.5 Å². The first-order valence-corrected chi connectivity index (χ1v) is 12.0. The van der Waals surface area contributed by atoms with E-state index in [1.54, 1.807) is 12.1 Å². The second-order valence-electron chi connectivity index (χ2n) is 7.30. The fourth-order valence-electron chi connectivity index (χ4n) is 3.31. The topological polar surface area (TPSA) is 94.6 Å². The van der Waals surface area contributed by atoms with Gasteiger partial charge in [-0.05, 0) is 81.6 Å². The zero-order valence-corrected chi connectivity index (χ0v) is 21.5. The molecule has 0 aromatic heterocycles. The molecule has 0 unspecified atom stereocenters. The van der Waals surface area contributed by atoms with Gasteiger partial charge in [-0.3, -0.25) is 9.80 Å². The summed E-state index contributed by atoms with van der Waals surface area (Å²) >= 11 is 3.67. The number of amides is 2. The lowest BCUT2D eigenvalue weighted by molar-refractivity contribution is 0.00638. The number of hydrogen-bond donors (Lipinski definition) is 0. The van der Waals surface area contributed by atoms with Gasteiger partial charge in [-0.1, -0.05) is 0 Å². The van der Waals surface area contributed by atoms with E-state index in [1.165, 1.54) is 34.1 Å². The molecule has 2 aromatic rings. The third-order valence-electron chi connectivity index (χ3n) is 4.95. The fraction of sp³-hybridized carbons (Fsp3) is 0.286. The highest BCUT2D eigenvalue weighted by molar-refractivity contribution is 14.1. The molecule has 2 amide bonds. The van der Waals surface area contributed by atoms with Gasteiger partial charge >= 0.3 is 18.3 Å². The standard InChI is InChI=1S/C21H16F2I2N2O7/c22-15-5-11(1-3-17(15)24)26-7-13(33-19(26)28)9-31-21(30)32-10-14-8-27(20(29)34-14)12-2-4-18(25)16(23)6-12/h1-6,13-14H,7-10H2/t13-,14-/m1/s1. The lowest BCUT2D eigenvalue weighted by Gasteiger charge is -2.14. The predicted octanol–water partition coefficient (Wildman–Crippen LogP) is 4.68. The molecule has 180 valence electrons. The summed E-state index contributed by atoms with van der Waals surface area (Å²) in [5.74, 6) is -0.931. The van der Waals surface area contributed by atoms with Crippen LogP contribution < -0.4 is 9.80 Å². The second kappa shape index (κ2) is 10.5. The highest BCUT2D eigenvalue weighted by Gasteiger charge is 2.35. The van der Waals surface area contributed by atoms with Crippen molar-refractivity contribution in [1.82, 2.24) is 0 Å². The summed E-state index contributed by atoms with van der Waals surface area (Å²) in [5.41, 5.74) is 0.655. The third kappa shape index (κ3) is 5.61. The van der Waals surface area contributed by atoms with E-state index in [2.05, 4.69) is 0 Å². The highest BCUT2D eigenvalue weighted by atomic mass is 127. The minimum atomic E-state index is -1.04. The molecule has 2 saturated heterocycles. The molecule has 4 rings (SSSR count). The molecule has 34 heavy (non-hydrogen) atoms. The van der Waals surface area contributed by atoms with E-state index in [0.717, 1.165) is 0 Å². The predicted molar refractivity (Wildman–Crippen MR) is 131 cm³/mol. The van der Waals surface area contributed by atoms with E-state index in [0.29, 0.717) is 18.5 Å². The largest absolute Gasteiger partial charge is 0.508 e. The van der Waals surface area contributed by atoms with Crippen molar-refractivity contribution in [2.75, 3.05) is 36.1 Å². The van der Waals surface area contributed by atoms with Gasteiger partial charge in [0.25, 0.3) is 0 Å². The molecule has 0 spiro atoms. The molecule has 0 aliphatic carbocycles. The third-order valence-corrected chi connectivity index (χ3v) is 6.70. The molecular weight excluding hydrogens is 684 g/mol. The summed E-state index contributed by atoms with van der Waals surface area (Å²) in [6.45, 7) is -0.416. The van der Waals surface area contributed by atoms with Crippen LogP contribution in [0.3, 0.4) is 0 Å². The Balaban J connectivity index is 1.22. The lowest BCUT2D eigenvalue weighted by atomic mass is 10.2. The molecule has 2 aliphatic heterocycles. The van der Waals surface area contributed by atoms with Crippen LogP contribution in [0.25, 0.3) is 0 Å². The number of hydrogen-bond acceptors (Lipinski definition) is 7. The SMILES string of the molecule is O=C(OC[C@H]1CN(c2ccc(I)c(F)c2)C(=O)O1)OC[C@H]1CN(c2ccc(I)c(F)c2)C(=O)O1. The number of nitrogens with zero attached hydrogens (tertiary/aromatic N) is 2. The quantitative estimate of drug-likeness (QED) is 0.246. The molecule has 0 bridgehead atoms. The molecule has 2 aliphatic rings. The van der Waals surface area contributed by atoms with E-state index in [-0.39, 0.29) is 26.3 Å². The molecule has 2 aromatic carbocycles. The minimum absolute atomic E-state index is 0.0634. The molecule has 2 atom stereocenters. The van der Waals surface area contributed by atoms with Crippen LogP contribution in [0.1, 0.15) is 0 Å². The molecule has 13 heteroatoms. The van der Waals surface area contributed by atoms with Crippen molar-refractivity contribution < 1.29 is 42.1 Å². The first-order valence-electron chi connectivity index (χ1n) is 9.87. The number of rotatable bonds is 6. The average molecular weight is 700 g/mol. The van der Waals surface area contributed by atoms with Gasteiger partial charge < -0.3 is 18.9 Å². The summed E-state index contributed by atoms with van der Waals surface area (Å²) in [6, 6.07) is 8.67. The number of cyclic esters (lactones) is 2. The van der Waals surface area contributed by atoms with Gasteiger partial charge in [-0.2, -0.15) is 0 Å². The summed E-state index contributed by atoms with van der Waals surface area (Å²) in [7, 11) is 0. The Bertz CT molecular complexity index is 1050. The zero-order valence-electron chi connectivity index (χ0n) is 17.2. The van der Waals surface area contributed by atoms with Crippen LogP contribution >= 0.6 is 45.2 Å². The molecule has 2 fully saturated rings. The molecule has 2 heterocycles. The van der Waals surface area contributed by atoms with Crippen LogP contribution in [0.15, 0.2) is 36.4 Å². The van der Waals surface area contributed by atoms with E-state index in [9.17, 15) is 23.2 Å². The highest BCUT2D eigenvalue weighted by Crippen LogP contribution is 2.26. The van der Waals surface area contributed by atoms with E-state index in [4.69, 9.17) is 18.9 Å². The first kappa shape index (κ1) is 24.7. The molecule has 0 radical (unpaired) electrons. The number of carbonyl (C=O) groups excluding carboxylic acids is 3. The van der Waals surface area contributed by atoms with E-state index >= 15 is 0 Å². The van der Waals surface area contributed by atoms with Gasteiger partial charge in [0.15, 0.2) is 12.2 Å². The molecule has 0 N–H and O–H groups in total. The number of benzene rings is 2. The Morgan fingerprint density at radius 2 is 1.26 bits per heavy atom. The van der Waals surface area contributed by atoms with Crippen LogP contribution in [0, 0.1) is 18.8 Å². The summed E-state index contributed by atoms with van der Waals surface area (Å²) < 4.78 is 48.6. The van der Waals surface area contributed by atoms with E-state index < -0.39 is 42.2 Å². The van der Waals surface area contributed by atoms with Crippen molar-refractivity contribution in [3.8, 4) is 0 Å². The van der Waals surface area contributed by atoms with Crippen molar-refractivity contribution >= 4 is 74.9 Å². The second-order valence-corrected chi connectivity index (χ2v) is 9.63. The maximum Gasteiger partial charge on any atom is 0.508 e. The van der Waals surface area contributed by atoms with Gasteiger partial charge in [0, 0.05) is 7.14 Å². The maximum atomic E-state index is 13.8. The van der Waals surface area contributed by atoms with Gasteiger partial charge in [0.1, 0.15) is 24.8 Å². The molecular formula is C21H16F2I2N2O7. The Morgan fingerprint density at radius 3 is 1.65 bits per heavy atom. The Kier molecular flexibility index (Phi) is 7.59.